The topological polar surface area (TPSA) is 41.1 Å². The first-order valence-corrected chi connectivity index (χ1v) is 10.4. The van der Waals surface area contributed by atoms with Crippen LogP contribution in [0.3, 0.4) is 0 Å². The number of nitrogens with one attached hydrogen (secondary N) is 2. The molecule has 27 heavy (non-hydrogen) atoms. The molecule has 4 bridgehead atoms. The van der Waals surface area contributed by atoms with E-state index < -0.39 is 0 Å². The number of rotatable bonds is 4. The van der Waals surface area contributed by atoms with Gasteiger partial charge in [-0.3, -0.25) is 10.1 Å². The van der Waals surface area contributed by atoms with Gasteiger partial charge in [0.1, 0.15) is 5.82 Å². The van der Waals surface area contributed by atoms with Crippen molar-refractivity contribution in [3.05, 3.63) is 41.7 Å². The summed E-state index contributed by atoms with van der Waals surface area (Å²) in [5, 5.41) is 6.53. The molecule has 0 aromatic heterocycles. The van der Waals surface area contributed by atoms with E-state index in [1.165, 1.54) is 56.7 Å². The molecule has 5 heteroatoms. The van der Waals surface area contributed by atoms with Crippen LogP contribution >= 0.6 is 12.2 Å². The van der Waals surface area contributed by atoms with Gasteiger partial charge in [0.25, 0.3) is 0 Å². The van der Waals surface area contributed by atoms with Crippen LogP contribution in [0.2, 0.25) is 0 Å². The fourth-order valence-corrected chi connectivity index (χ4v) is 6.27. The minimum absolute atomic E-state index is 0.269. The number of carbonyl (C=O) groups excluding carboxylic acids is 1. The average molecular weight is 387 g/mol. The Hall–Kier alpha value is -1.75. The number of benzene rings is 1. The highest BCUT2D eigenvalue weighted by atomic mass is 32.1. The molecule has 0 aliphatic heterocycles. The maximum atomic E-state index is 12.9. The highest BCUT2D eigenvalue weighted by Gasteiger charge is 2.53. The van der Waals surface area contributed by atoms with Crippen molar-refractivity contribution in [2.24, 2.45) is 23.2 Å². The van der Waals surface area contributed by atoms with Gasteiger partial charge in [0.05, 0.1) is 0 Å². The molecular formula is C22H27FN2OS. The van der Waals surface area contributed by atoms with Gasteiger partial charge in [-0.1, -0.05) is 12.1 Å². The van der Waals surface area contributed by atoms with Crippen LogP contribution in [-0.4, -0.2) is 17.1 Å². The minimum atomic E-state index is -0.291. The summed E-state index contributed by atoms with van der Waals surface area (Å²) in [5.41, 5.74) is 1.11. The normalized spacial score (nSPS) is 32.4. The lowest BCUT2D eigenvalue weighted by molar-refractivity contribution is -0.115. The largest absolute Gasteiger partial charge is 0.359 e. The van der Waals surface area contributed by atoms with Crippen molar-refractivity contribution < 1.29 is 9.18 Å². The Morgan fingerprint density at radius 2 is 1.70 bits per heavy atom. The smallest absolute Gasteiger partial charge is 0.250 e. The van der Waals surface area contributed by atoms with Gasteiger partial charge in [-0.25, -0.2) is 4.39 Å². The molecule has 3 nitrogen and oxygen atoms in total. The van der Waals surface area contributed by atoms with Crippen LogP contribution < -0.4 is 10.6 Å². The van der Waals surface area contributed by atoms with Gasteiger partial charge in [-0.05, 0) is 105 Å². The van der Waals surface area contributed by atoms with Crippen LogP contribution in [0, 0.1) is 29.0 Å². The Kier molecular flexibility index (Phi) is 5.06. The Balaban J connectivity index is 1.31. The summed E-state index contributed by atoms with van der Waals surface area (Å²) < 4.78 is 12.9. The zero-order valence-corrected chi connectivity index (χ0v) is 16.5. The number of hydrogen-bond donors (Lipinski definition) is 2. The zero-order chi connectivity index (χ0) is 19.0. The molecule has 4 aliphatic carbocycles. The first-order valence-electron chi connectivity index (χ1n) is 9.97. The van der Waals surface area contributed by atoms with E-state index >= 15 is 0 Å². The molecule has 2 N–H and O–H groups in total. The molecule has 1 amide bonds. The molecule has 4 aliphatic rings. The molecule has 1 aromatic carbocycles. The van der Waals surface area contributed by atoms with E-state index in [0.717, 1.165) is 23.3 Å². The molecule has 144 valence electrons. The van der Waals surface area contributed by atoms with E-state index in [9.17, 15) is 9.18 Å². The number of hydrogen-bond acceptors (Lipinski definition) is 2. The van der Waals surface area contributed by atoms with Crippen molar-refractivity contribution in [2.75, 3.05) is 0 Å². The first-order chi connectivity index (χ1) is 12.9. The summed E-state index contributed by atoms with van der Waals surface area (Å²) in [7, 11) is 0. The fraction of sp³-hybridized carbons (Fsp3) is 0.545. The first kappa shape index (κ1) is 18.6. The Labute approximate surface area is 165 Å². The highest BCUT2D eigenvalue weighted by molar-refractivity contribution is 7.80. The summed E-state index contributed by atoms with van der Waals surface area (Å²) in [5.74, 6) is 2.11. The van der Waals surface area contributed by atoms with Crippen molar-refractivity contribution in [1.29, 1.82) is 0 Å². The maximum absolute atomic E-state index is 12.9. The number of carbonyl (C=O) groups is 1. The quantitative estimate of drug-likeness (QED) is 0.594. The Bertz CT molecular complexity index is 723. The van der Waals surface area contributed by atoms with E-state index in [0.29, 0.717) is 10.5 Å². The van der Waals surface area contributed by atoms with Crippen molar-refractivity contribution in [2.45, 2.75) is 51.5 Å². The molecule has 4 fully saturated rings. The van der Waals surface area contributed by atoms with Crippen LogP contribution in [-0.2, 0) is 4.79 Å². The third-order valence-electron chi connectivity index (χ3n) is 6.89. The predicted molar refractivity (Wildman–Crippen MR) is 109 cm³/mol. The third kappa shape index (κ3) is 4.08. The molecule has 0 radical (unpaired) electrons. The number of amides is 1. The van der Waals surface area contributed by atoms with Gasteiger partial charge in [-0.2, -0.15) is 0 Å². The fourth-order valence-electron chi connectivity index (χ4n) is 5.99. The van der Waals surface area contributed by atoms with Crippen molar-refractivity contribution in [3.63, 3.8) is 0 Å². The number of halogens is 1. The third-order valence-corrected chi connectivity index (χ3v) is 7.11. The second kappa shape index (κ2) is 7.34. The van der Waals surface area contributed by atoms with Crippen LogP contribution in [0.4, 0.5) is 4.39 Å². The van der Waals surface area contributed by atoms with E-state index in [1.54, 1.807) is 18.2 Å². The lowest BCUT2D eigenvalue weighted by Gasteiger charge is -2.59. The summed E-state index contributed by atoms with van der Waals surface area (Å²) in [6.07, 6.45) is 11.2. The molecule has 1 aromatic rings. The van der Waals surface area contributed by atoms with E-state index in [-0.39, 0.29) is 17.8 Å². The Morgan fingerprint density at radius 1 is 1.15 bits per heavy atom. The average Bonchev–Trinajstić information content (AvgIpc) is 2.60. The van der Waals surface area contributed by atoms with Crippen molar-refractivity contribution in [1.82, 2.24) is 10.6 Å². The molecule has 0 spiro atoms. The van der Waals surface area contributed by atoms with E-state index in [2.05, 4.69) is 17.6 Å². The van der Waals surface area contributed by atoms with Crippen LogP contribution in [0.15, 0.2) is 30.3 Å². The van der Waals surface area contributed by atoms with Crippen LogP contribution in [0.25, 0.3) is 6.08 Å². The summed E-state index contributed by atoms with van der Waals surface area (Å²) in [6, 6.07) is 6.28. The summed E-state index contributed by atoms with van der Waals surface area (Å²) >= 11 is 5.38. The lowest BCUT2D eigenvalue weighted by atomic mass is 9.48. The SMILES string of the molecule is C[C@@H](NC(=S)NC(=O)/C=C/c1ccc(F)cc1)C12CC3CC(CC(C3)C1)C2. The predicted octanol–water partition coefficient (Wildman–Crippen LogP) is 4.43. The number of thiocarbonyl (C=S) groups is 1. The second-order valence-electron chi connectivity index (χ2n) is 8.85. The van der Waals surface area contributed by atoms with Crippen LogP contribution in [0.5, 0.6) is 0 Å². The van der Waals surface area contributed by atoms with E-state index in [1.807, 2.05) is 0 Å². The lowest BCUT2D eigenvalue weighted by Crippen LogP contribution is -2.57. The molecule has 4 saturated carbocycles. The van der Waals surface area contributed by atoms with Gasteiger partial charge in [-0.15, -0.1) is 0 Å². The second-order valence-corrected chi connectivity index (χ2v) is 9.26. The van der Waals surface area contributed by atoms with Gasteiger partial charge in [0.2, 0.25) is 5.91 Å². The standard InChI is InChI=1S/C22H27FN2OS/c1-14(22-11-16-8-17(12-22)10-18(9-16)13-22)24-21(27)25-20(26)7-4-15-2-5-19(23)6-3-15/h2-7,14,16-18H,8-13H2,1H3,(H2,24,25,26,27)/b7-4+/t14-,16?,17?,18?,22?/m1/s1. The summed E-state index contributed by atoms with van der Waals surface area (Å²) in [4.78, 5) is 12.1. The zero-order valence-electron chi connectivity index (χ0n) is 15.7. The maximum Gasteiger partial charge on any atom is 0.250 e. The molecule has 0 unspecified atom stereocenters. The Morgan fingerprint density at radius 3 is 2.26 bits per heavy atom. The van der Waals surface area contributed by atoms with Gasteiger partial charge < -0.3 is 5.32 Å². The highest BCUT2D eigenvalue weighted by Crippen LogP contribution is 2.61. The van der Waals surface area contributed by atoms with E-state index in [4.69, 9.17) is 12.2 Å². The molecule has 0 saturated heterocycles. The van der Waals surface area contributed by atoms with Crippen molar-refractivity contribution >= 4 is 29.3 Å². The van der Waals surface area contributed by atoms with Crippen molar-refractivity contribution in [3.8, 4) is 0 Å². The molecule has 0 heterocycles. The molecule has 1 atom stereocenters. The van der Waals surface area contributed by atoms with Gasteiger partial charge in [0, 0.05) is 12.1 Å². The van der Waals surface area contributed by atoms with Gasteiger partial charge in [0.15, 0.2) is 5.11 Å². The summed E-state index contributed by atoms with van der Waals surface area (Å²) in [6.45, 7) is 2.22. The minimum Gasteiger partial charge on any atom is -0.359 e. The molecule has 5 rings (SSSR count). The van der Waals surface area contributed by atoms with Gasteiger partial charge >= 0.3 is 0 Å². The van der Waals surface area contributed by atoms with Crippen LogP contribution in [0.1, 0.15) is 51.0 Å². The molecular weight excluding hydrogens is 359 g/mol. The monoisotopic (exact) mass is 386 g/mol.